The molecule has 104 valence electrons. The van der Waals surface area contributed by atoms with Gasteiger partial charge in [-0.25, -0.2) is 4.39 Å². The van der Waals surface area contributed by atoms with Gasteiger partial charge in [0, 0.05) is 18.4 Å². The highest BCUT2D eigenvalue weighted by Crippen LogP contribution is 2.48. The van der Waals surface area contributed by atoms with Gasteiger partial charge >= 0.3 is 0 Å². The summed E-state index contributed by atoms with van der Waals surface area (Å²) < 4.78 is 19.2. The fraction of sp³-hybridized carbons (Fsp3) is 0.667. The molecule has 4 heteroatoms. The molecule has 2 atom stereocenters. The van der Waals surface area contributed by atoms with Crippen LogP contribution in [0.4, 0.5) is 4.39 Å². The lowest BCUT2D eigenvalue weighted by molar-refractivity contribution is -0.174. The van der Waals surface area contributed by atoms with Gasteiger partial charge in [0.05, 0.1) is 17.4 Å². The van der Waals surface area contributed by atoms with Crippen molar-refractivity contribution in [1.29, 1.82) is 0 Å². The summed E-state index contributed by atoms with van der Waals surface area (Å²) in [6, 6.07) is 1.38. The van der Waals surface area contributed by atoms with E-state index in [2.05, 4.69) is 4.98 Å². The number of hydrogen-bond donors (Lipinski definition) is 1. The number of ether oxygens (including phenoxy) is 1. The predicted octanol–water partition coefficient (Wildman–Crippen LogP) is 2.78. The van der Waals surface area contributed by atoms with Gasteiger partial charge in [-0.1, -0.05) is 0 Å². The Morgan fingerprint density at radius 1 is 1.47 bits per heavy atom. The monoisotopic (exact) mass is 265 g/mol. The SMILES string of the molecule is CC(O)(c1cncc(F)c1)C1CCOC2(CCC2)C1. The Morgan fingerprint density at radius 2 is 2.26 bits per heavy atom. The Bertz CT molecular complexity index is 471. The van der Waals surface area contributed by atoms with Crippen molar-refractivity contribution in [3.63, 3.8) is 0 Å². The van der Waals surface area contributed by atoms with Crippen LogP contribution < -0.4 is 0 Å². The van der Waals surface area contributed by atoms with Crippen LogP contribution in [0.15, 0.2) is 18.5 Å². The van der Waals surface area contributed by atoms with Crippen LogP contribution in [0.1, 0.15) is 44.6 Å². The largest absolute Gasteiger partial charge is 0.385 e. The Kier molecular flexibility index (Phi) is 3.10. The van der Waals surface area contributed by atoms with Gasteiger partial charge in [-0.2, -0.15) is 0 Å². The molecule has 1 aliphatic heterocycles. The lowest BCUT2D eigenvalue weighted by Crippen LogP contribution is -2.49. The van der Waals surface area contributed by atoms with Gasteiger partial charge in [0.2, 0.25) is 0 Å². The molecular weight excluding hydrogens is 245 g/mol. The average molecular weight is 265 g/mol. The van der Waals surface area contributed by atoms with Crippen molar-refractivity contribution in [2.24, 2.45) is 5.92 Å². The van der Waals surface area contributed by atoms with E-state index in [9.17, 15) is 9.50 Å². The molecule has 0 radical (unpaired) electrons. The highest BCUT2D eigenvalue weighted by molar-refractivity contribution is 5.20. The molecule has 1 N–H and O–H groups in total. The van der Waals surface area contributed by atoms with E-state index < -0.39 is 11.4 Å². The zero-order valence-corrected chi connectivity index (χ0v) is 11.2. The average Bonchev–Trinajstić information content (AvgIpc) is 2.37. The van der Waals surface area contributed by atoms with Crippen LogP contribution in [-0.4, -0.2) is 22.3 Å². The van der Waals surface area contributed by atoms with Crippen molar-refractivity contribution in [1.82, 2.24) is 4.98 Å². The van der Waals surface area contributed by atoms with Crippen molar-refractivity contribution < 1.29 is 14.2 Å². The Morgan fingerprint density at radius 3 is 2.89 bits per heavy atom. The minimum absolute atomic E-state index is 0.0202. The summed E-state index contributed by atoms with van der Waals surface area (Å²) in [7, 11) is 0. The van der Waals surface area contributed by atoms with Gasteiger partial charge in [-0.15, -0.1) is 0 Å². The molecule has 1 aliphatic carbocycles. The number of rotatable bonds is 2. The quantitative estimate of drug-likeness (QED) is 0.894. The normalized spacial score (nSPS) is 28.7. The molecule has 1 aromatic rings. The summed E-state index contributed by atoms with van der Waals surface area (Å²) >= 11 is 0. The minimum atomic E-state index is -1.04. The molecule has 0 aromatic carbocycles. The first-order valence-electron chi connectivity index (χ1n) is 6.99. The van der Waals surface area contributed by atoms with Crippen LogP contribution in [0, 0.1) is 11.7 Å². The fourth-order valence-corrected chi connectivity index (χ4v) is 3.35. The number of aromatic nitrogens is 1. The molecule has 2 aliphatic rings. The number of aliphatic hydroxyl groups is 1. The molecule has 1 saturated carbocycles. The first kappa shape index (κ1) is 13.0. The first-order chi connectivity index (χ1) is 9.02. The second kappa shape index (κ2) is 4.53. The topological polar surface area (TPSA) is 42.4 Å². The van der Waals surface area contributed by atoms with E-state index in [-0.39, 0.29) is 11.5 Å². The Labute approximate surface area is 112 Å². The second-order valence-electron chi connectivity index (χ2n) is 6.11. The number of halogens is 1. The summed E-state index contributed by atoms with van der Waals surface area (Å²) in [4.78, 5) is 3.85. The summed E-state index contributed by atoms with van der Waals surface area (Å²) in [6.45, 7) is 2.45. The van der Waals surface area contributed by atoms with Crippen LogP contribution in [0.5, 0.6) is 0 Å². The Hall–Kier alpha value is -1.00. The third-order valence-electron chi connectivity index (χ3n) is 4.84. The van der Waals surface area contributed by atoms with Crippen molar-refractivity contribution in [2.75, 3.05) is 6.61 Å². The zero-order valence-electron chi connectivity index (χ0n) is 11.2. The second-order valence-corrected chi connectivity index (χ2v) is 6.11. The third-order valence-corrected chi connectivity index (χ3v) is 4.84. The molecule has 1 aromatic heterocycles. The van der Waals surface area contributed by atoms with E-state index in [0.717, 1.165) is 31.9 Å². The van der Waals surface area contributed by atoms with E-state index in [0.29, 0.717) is 12.2 Å². The summed E-state index contributed by atoms with van der Waals surface area (Å²) in [5.74, 6) is -0.298. The van der Waals surface area contributed by atoms with Gasteiger partial charge in [0.25, 0.3) is 0 Å². The smallest absolute Gasteiger partial charge is 0.141 e. The lowest BCUT2D eigenvalue weighted by atomic mass is 9.67. The molecule has 3 rings (SSSR count). The molecule has 2 heterocycles. The molecule has 3 nitrogen and oxygen atoms in total. The minimum Gasteiger partial charge on any atom is -0.385 e. The number of nitrogens with zero attached hydrogens (tertiary/aromatic N) is 1. The number of pyridine rings is 1. The molecule has 19 heavy (non-hydrogen) atoms. The van der Waals surface area contributed by atoms with Gasteiger partial charge in [0.1, 0.15) is 5.82 Å². The molecule has 2 fully saturated rings. The zero-order chi connectivity index (χ0) is 13.5. The highest BCUT2D eigenvalue weighted by Gasteiger charge is 2.47. The molecule has 2 unspecified atom stereocenters. The molecule has 0 amide bonds. The van der Waals surface area contributed by atoms with Gasteiger partial charge in [-0.3, -0.25) is 4.98 Å². The molecule has 1 spiro atoms. The predicted molar refractivity (Wildman–Crippen MR) is 69.0 cm³/mol. The van der Waals surface area contributed by atoms with Crippen molar-refractivity contribution in [3.8, 4) is 0 Å². The summed E-state index contributed by atoms with van der Waals surface area (Å²) in [6.07, 6.45) is 7.77. The van der Waals surface area contributed by atoms with E-state index in [4.69, 9.17) is 4.74 Å². The van der Waals surface area contributed by atoms with Gasteiger partial charge in [-0.05, 0) is 51.0 Å². The molecule has 0 bridgehead atoms. The first-order valence-corrected chi connectivity index (χ1v) is 6.99. The third kappa shape index (κ3) is 2.28. The van der Waals surface area contributed by atoms with Gasteiger partial charge in [0.15, 0.2) is 0 Å². The maximum atomic E-state index is 13.3. The van der Waals surface area contributed by atoms with Gasteiger partial charge < -0.3 is 9.84 Å². The van der Waals surface area contributed by atoms with Crippen LogP contribution in [0.2, 0.25) is 0 Å². The fourth-order valence-electron chi connectivity index (χ4n) is 3.35. The number of hydrogen-bond acceptors (Lipinski definition) is 3. The highest BCUT2D eigenvalue weighted by atomic mass is 19.1. The van der Waals surface area contributed by atoms with Crippen molar-refractivity contribution in [2.45, 2.75) is 50.2 Å². The van der Waals surface area contributed by atoms with Crippen LogP contribution in [0.3, 0.4) is 0 Å². The lowest BCUT2D eigenvalue weighted by Gasteiger charge is -2.50. The maximum absolute atomic E-state index is 13.3. The standard InChI is InChI=1S/C15H20FNO2/c1-14(18,12-7-13(16)10-17-9-12)11-3-6-19-15(8-11)4-2-5-15/h7,9-11,18H,2-6,8H2,1H3. The van der Waals surface area contributed by atoms with Crippen LogP contribution in [-0.2, 0) is 10.3 Å². The van der Waals surface area contributed by atoms with E-state index >= 15 is 0 Å². The van der Waals surface area contributed by atoms with E-state index in [1.54, 1.807) is 13.1 Å². The van der Waals surface area contributed by atoms with Crippen molar-refractivity contribution >= 4 is 0 Å². The van der Waals surface area contributed by atoms with Crippen molar-refractivity contribution in [3.05, 3.63) is 29.8 Å². The van der Waals surface area contributed by atoms with E-state index in [1.807, 2.05) is 0 Å². The van der Waals surface area contributed by atoms with E-state index in [1.165, 1.54) is 12.5 Å². The van der Waals surface area contributed by atoms with Crippen LogP contribution >= 0.6 is 0 Å². The summed E-state index contributed by atoms with van der Waals surface area (Å²) in [5.41, 5.74) is -0.497. The Balaban J connectivity index is 1.83. The molecular formula is C15H20FNO2. The molecule has 1 saturated heterocycles. The van der Waals surface area contributed by atoms with Crippen LogP contribution in [0.25, 0.3) is 0 Å². The maximum Gasteiger partial charge on any atom is 0.141 e. The summed E-state index contributed by atoms with van der Waals surface area (Å²) in [5, 5.41) is 10.8.